The van der Waals surface area contributed by atoms with Crippen LogP contribution in [0.2, 0.25) is 0 Å². The molecule has 4 saturated carbocycles. The zero-order chi connectivity index (χ0) is 20.2. The molecule has 0 aromatic rings. The summed E-state index contributed by atoms with van der Waals surface area (Å²) < 4.78 is 0. The zero-order valence-electron chi connectivity index (χ0n) is 19.4. The summed E-state index contributed by atoms with van der Waals surface area (Å²) in [7, 11) is 0. The molecule has 28 heavy (non-hydrogen) atoms. The molecule has 0 saturated heterocycles. The largest absolute Gasteiger partial charge is 0.393 e. The van der Waals surface area contributed by atoms with Crippen molar-refractivity contribution in [3.8, 4) is 0 Å². The van der Waals surface area contributed by atoms with E-state index in [0.29, 0.717) is 27.6 Å². The van der Waals surface area contributed by atoms with Gasteiger partial charge in [-0.2, -0.15) is 0 Å². The molecule has 0 unspecified atom stereocenters. The van der Waals surface area contributed by atoms with Crippen LogP contribution < -0.4 is 0 Å². The molecule has 1 N–H and O–H groups in total. The molecule has 1 heteroatoms. The highest BCUT2D eigenvalue weighted by molar-refractivity contribution is 5.31. The van der Waals surface area contributed by atoms with Crippen molar-refractivity contribution in [3.05, 3.63) is 11.6 Å². The maximum absolute atomic E-state index is 10.8. The molecule has 0 bridgehead atoms. The summed E-state index contributed by atoms with van der Waals surface area (Å²) in [4.78, 5) is 0. The van der Waals surface area contributed by atoms with E-state index in [-0.39, 0.29) is 11.5 Å². The van der Waals surface area contributed by atoms with Gasteiger partial charge in [-0.05, 0) is 109 Å². The quantitative estimate of drug-likeness (QED) is 0.440. The topological polar surface area (TPSA) is 20.2 Å². The van der Waals surface area contributed by atoms with Gasteiger partial charge in [0.15, 0.2) is 0 Å². The van der Waals surface area contributed by atoms with E-state index in [2.05, 4.69) is 47.6 Å². The smallest absolute Gasteiger partial charge is 0.0594 e. The van der Waals surface area contributed by atoms with Crippen LogP contribution in [0.5, 0.6) is 0 Å². The monoisotopic (exact) mass is 384 g/mol. The molecule has 5 rings (SSSR count). The average Bonchev–Trinajstić information content (AvgIpc) is 3.01. The van der Waals surface area contributed by atoms with Gasteiger partial charge in [0.25, 0.3) is 0 Å². The molecule has 0 heterocycles. The second-order valence-corrected chi connectivity index (χ2v) is 13.2. The molecule has 0 aromatic heterocycles. The highest BCUT2D eigenvalue weighted by atomic mass is 16.3. The fourth-order valence-corrected chi connectivity index (χ4v) is 10.2. The predicted octanol–water partition coefficient (Wildman–Crippen LogP) is 7.14. The Kier molecular flexibility index (Phi) is 3.99. The minimum atomic E-state index is -0.110. The highest BCUT2D eigenvalue weighted by Gasteiger charge is 2.68. The Morgan fingerprint density at radius 3 is 2.25 bits per heavy atom. The van der Waals surface area contributed by atoms with E-state index in [9.17, 15) is 5.11 Å². The summed E-state index contributed by atoms with van der Waals surface area (Å²) in [5.74, 6) is 2.34. The molecule has 158 valence electrons. The van der Waals surface area contributed by atoms with Crippen molar-refractivity contribution >= 4 is 0 Å². The van der Waals surface area contributed by atoms with Gasteiger partial charge in [0.1, 0.15) is 0 Å². The van der Waals surface area contributed by atoms with Crippen molar-refractivity contribution in [3.63, 3.8) is 0 Å². The number of hydrogen-bond donors (Lipinski definition) is 1. The first kappa shape index (κ1) is 19.7. The van der Waals surface area contributed by atoms with Gasteiger partial charge in [0.05, 0.1) is 6.10 Å². The third-order valence-electron chi connectivity index (χ3n) is 12.2. The lowest BCUT2D eigenvalue weighted by Crippen LogP contribution is -2.65. The summed E-state index contributed by atoms with van der Waals surface area (Å²) >= 11 is 0. The maximum Gasteiger partial charge on any atom is 0.0594 e. The maximum atomic E-state index is 10.8. The predicted molar refractivity (Wildman–Crippen MR) is 117 cm³/mol. The number of aliphatic hydroxyl groups is 1. The van der Waals surface area contributed by atoms with Gasteiger partial charge in [-0.25, -0.2) is 0 Å². The van der Waals surface area contributed by atoms with E-state index in [1.807, 2.05) is 5.57 Å². The summed E-state index contributed by atoms with van der Waals surface area (Å²) in [6.07, 6.45) is 15.9. The van der Waals surface area contributed by atoms with Crippen molar-refractivity contribution in [2.45, 2.75) is 112 Å². The molecule has 0 aromatic carbocycles. The van der Waals surface area contributed by atoms with Crippen molar-refractivity contribution in [1.29, 1.82) is 0 Å². The minimum absolute atomic E-state index is 0.0746. The van der Waals surface area contributed by atoms with E-state index < -0.39 is 0 Å². The van der Waals surface area contributed by atoms with E-state index >= 15 is 0 Å². The molecule has 0 spiro atoms. The zero-order valence-corrected chi connectivity index (χ0v) is 19.4. The lowest BCUT2D eigenvalue weighted by atomic mass is 9.33. The van der Waals surface area contributed by atoms with Gasteiger partial charge in [-0.1, -0.05) is 53.2 Å². The van der Waals surface area contributed by atoms with E-state index in [1.165, 1.54) is 57.8 Å². The van der Waals surface area contributed by atoms with E-state index in [0.717, 1.165) is 18.3 Å². The Morgan fingerprint density at radius 1 is 0.750 bits per heavy atom. The Bertz CT molecular complexity index is 705. The molecule has 0 aliphatic heterocycles. The lowest BCUT2D eigenvalue weighted by Gasteiger charge is -2.72. The van der Waals surface area contributed by atoms with Crippen molar-refractivity contribution in [1.82, 2.24) is 0 Å². The fraction of sp³-hybridized carbons (Fsp3) is 0.926. The van der Waals surface area contributed by atoms with Crippen LogP contribution in [-0.4, -0.2) is 11.2 Å². The van der Waals surface area contributed by atoms with Crippen LogP contribution in [0.15, 0.2) is 11.6 Å². The van der Waals surface area contributed by atoms with Gasteiger partial charge in [0.2, 0.25) is 0 Å². The third kappa shape index (κ3) is 2.13. The second kappa shape index (κ2) is 5.68. The number of allylic oxidation sites excluding steroid dienone is 2. The first-order valence-corrected chi connectivity index (χ1v) is 12.4. The summed E-state index contributed by atoms with van der Waals surface area (Å²) in [6, 6.07) is 0. The fourth-order valence-electron chi connectivity index (χ4n) is 10.2. The lowest BCUT2D eigenvalue weighted by molar-refractivity contribution is -0.228. The molecule has 4 fully saturated rings. The number of hydrogen-bond acceptors (Lipinski definition) is 1. The van der Waals surface area contributed by atoms with Gasteiger partial charge in [-0.15, -0.1) is 0 Å². The number of rotatable bonds is 0. The average molecular weight is 385 g/mol. The molecule has 0 amide bonds. The Labute approximate surface area is 173 Å². The van der Waals surface area contributed by atoms with Crippen LogP contribution in [0.3, 0.4) is 0 Å². The molecular weight excluding hydrogens is 340 g/mol. The van der Waals surface area contributed by atoms with Gasteiger partial charge in [-0.3, -0.25) is 0 Å². The highest BCUT2D eigenvalue weighted by Crippen LogP contribution is 2.76. The molecule has 0 radical (unpaired) electrons. The van der Waals surface area contributed by atoms with Crippen molar-refractivity contribution < 1.29 is 5.11 Å². The van der Waals surface area contributed by atoms with Crippen molar-refractivity contribution in [2.24, 2.45) is 44.8 Å². The first-order valence-electron chi connectivity index (χ1n) is 12.4. The number of aliphatic hydroxyl groups excluding tert-OH is 1. The SMILES string of the molecule is CC1(C)[C@H]2CC[C@@]3(C)[C@@H](CC[C@H]4C5=CCC[C@@]5(C)CC[C@@]43C)[C@]2(C)CC[C@@H]1O. The minimum Gasteiger partial charge on any atom is -0.393 e. The molecule has 8 atom stereocenters. The standard InChI is InChI=1S/C27H44O/c1-23(2)20-11-15-27(6)21(25(20,4)14-12-22(23)28)10-9-19-18-8-7-13-24(18,3)16-17-26(19,27)5/h8,19-22,28H,7,9-17H2,1-6H3/t19-,20+,21-,22-,24-,25+,26-,27-/m0/s1. The number of fused-ring (bicyclic) bond motifs is 7. The third-order valence-corrected chi connectivity index (χ3v) is 12.2. The molecular formula is C27H44O. The van der Waals surface area contributed by atoms with Crippen LogP contribution in [0.1, 0.15) is 106 Å². The van der Waals surface area contributed by atoms with Crippen LogP contribution >= 0.6 is 0 Å². The molecule has 5 aliphatic carbocycles. The van der Waals surface area contributed by atoms with Crippen molar-refractivity contribution in [2.75, 3.05) is 0 Å². The Hall–Kier alpha value is -0.300. The molecule has 5 aliphatic rings. The summed E-state index contributed by atoms with van der Waals surface area (Å²) in [5, 5.41) is 10.8. The first-order chi connectivity index (χ1) is 13.0. The van der Waals surface area contributed by atoms with Crippen LogP contribution in [0.4, 0.5) is 0 Å². The normalized spacial score (nSPS) is 57.5. The summed E-state index contributed by atoms with van der Waals surface area (Å²) in [5.41, 5.74) is 3.81. The van der Waals surface area contributed by atoms with Crippen LogP contribution in [0, 0.1) is 44.8 Å². The Morgan fingerprint density at radius 2 is 1.50 bits per heavy atom. The second-order valence-electron chi connectivity index (χ2n) is 13.2. The van der Waals surface area contributed by atoms with E-state index in [1.54, 1.807) is 0 Å². The van der Waals surface area contributed by atoms with Gasteiger partial charge < -0.3 is 5.11 Å². The molecule has 1 nitrogen and oxygen atoms in total. The van der Waals surface area contributed by atoms with Gasteiger partial charge in [0, 0.05) is 0 Å². The van der Waals surface area contributed by atoms with Crippen LogP contribution in [0.25, 0.3) is 0 Å². The van der Waals surface area contributed by atoms with Gasteiger partial charge >= 0.3 is 0 Å². The summed E-state index contributed by atoms with van der Waals surface area (Å²) in [6.45, 7) is 15.4. The van der Waals surface area contributed by atoms with E-state index in [4.69, 9.17) is 0 Å². The van der Waals surface area contributed by atoms with Crippen LogP contribution in [-0.2, 0) is 0 Å². The Balaban J connectivity index is 1.55.